The standard InChI is InChI=1S/C12H12F3N2/c1-2-16-7-8-17(9-16)11-5-3-10(4-6-11)12(13,14)15/h3-9H,2H2,1H3/q+1. The molecule has 0 aliphatic rings. The topological polar surface area (TPSA) is 8.81 Å². The predicted octanol–water partition coefficient (Wildman–Crippen LogP) is 2.80. The Hall–Kier alpha value is -1.78. The molecule has 0 bridgehead atoms. The minimum atomic E-state index is -4.28. The van der Waals surface area contributed by atoms with Gasteiger partial charge < -0.3 is 0 Å². The summed E-state index contributed by atoms with van der Waals surface area (Å²) in [7, 11) is 0. The third-order valence-electron chi connectivity index (χ3n) is 2.55. The Bertz CT molecular complexity index is 497. The Morgan fingerprint density at radius 3 is 2.29 bits per heavy atom. The molecule has 0 spiro atoms. The van der Waals surface area contributed by atoms with Crippen LogP contribution in [0.15, 0.2) is 43.0 Å². The maximum atomic E-state index is 12.4. The van der Waals surface area contributed by atoms with Crippen LogP contribution in [0.25, 0.3) is 5.69 Å². The molecule has 2 aromatic rings. The van der Waals surface area contributed by atoms with Gasteiger partial charge in [0.05, 0.1) is 12.1 Å². The van der Waals surface area contributed by atoms with Gasteiger partial charge in [-0.1, -0.05) is 0 Å². The average Bonchev–Trinajstić information content (AvgIpc) is 2.76. The number of alkyl halides is 3. The zero-order valence-electron chi connectivity index (χ0n) is 9.28. The van der Waals surface area contributed by atoms with Crippen LogP contribution in [-0.2, 0) is 12.7 Å². The van der Waals surface area contributed by atoms with Crippen LogP contribution in [0.1, 0.15) is 12.5 Å². The lowest BCUT2D eigenvalue weighted by molar-refractivity contribution is -0.692. The van der Waals surface area contributed by atoms with Gasteiger partial charge in [-0.15, -0.1) is 0 Å². The second kappa shape index (κ2) is 4.24. The van der Waals surface area contributed by atoms with Gasteiger partial charge in [0.2, 0.25) is 6.33 Å². The van der Waals surface area contributed by atoms with Crippen LogP contribution >= 0.6 is 0 Å². The molecule has 0 saturated heterocycles. The predicted molar refractivity (Wildman–Crippen MR) is 56.6 cm³/mol. The van der Waals surface area contributed by atoms with Crippen molar-refractivity contribution in [1.82, 2.24) is 4.57 Å². The van der Waals surface area contributed by atoms with Crippen LogP contribution < -0.4 is 4.57 Å². The van der Waals surface area contributed by atoms with E-state index in [1.54, 1.807) is 4.57 Å². The Balaban J connectivity index is 2.29. The molecule has 17 heavy (non-hydrogen) atoms. The van der Waals surface area contributed by atoms with Crippen LogP contribution in [0.2, 0.25) is 0 Å². The lowest BCUT2D eigenvalue weighted by Gasteiger charge is -2.05. The number of nitrogens with zero attached hydrogens (tertiary/aromatic N) is 2. The molecule has 0 atom stereocenters. The van der Waals surface area contributed by atoms with Crippen molar-refractivity contribution in [2.75, 3.05) is 0 Å². The highest BCUT2D eigenvalue weighted by Crippen LogP contribution is 2.29. The minimum absolute atomic E-state index is 0.628. The summed E-state index contributed by atoms with van der Waals surface area (Å²) in [5, 5.41) is 0. The van der Waals surface area contributed by atoms with Crippen LogP contribution in [0.3, 0.4) is 0 Å². The Kier molecular flexibility index (Phi) is 2.92. The first-order chi connectivity index (χ1) is 8.00. The van der Waals surface area contributed by atoms with Gasteiger partial charge in [-0.05, 0) is 31.2 Å². The first kappa shape index (κ1) is 11.7. The van der Waals surface area contributed by atoms with Crippen LogP contribution in [-0.4, -0.2) is 4.57 Å². The quantitative estimate of drug-likeness (QED) is 0.715. The summed E-state index contributed by atoms with van der Waals surface area (Å²) >= 11 is 0. The third kappa shape index (κ3) is 2.49. The van der Waals surface area contributed by atoms with Crippen molar-refractivity contribution < 1.29 is 17.7 Å². The molecule has 5 heteroatoms. The Morgan fingerprint density at radius 2 is 1.82 bits per heavy atom. The molecule has 0 radical (unpaired) electrons. The molecule has 0 fully saturated rings. The molecule has 0 aliphatic heterocycles. The van der Waals surface area contributed by atoms with Crippen molar-refractivity contribution in [2.24, 2.45) is 0 Å². The molecule has 1 aromatic carbocycles. The summed E-state index contributed by atoms with van der Waals surface area (Å²) in [5.74, 6) is 0. The van der Waals surface area contributed by atoms with Crippen molar-refractivity contribution in [1.29, 1.82) is 0 Å². The maximum absolute atomic E-state index is 12.4. The van der Waals surface area contributed by atoms with E-state index >= 15 is 0 Å². The Morgan fingerprint density at radius 1 is 1.18 bits per heavy atom. The van der Waals surface area contributed by atoms with Crippen molar-refractivity contribution in [2.45, 2.75) is 19.6 Å². The van der Waals surface area contributed by atoms with Gasteiger partial charge in [0.25, 0.3) is 0 Å². The molecule has 0 saturated carbocycles. The van der Waals surface area contributed by atoms with Gasteiger partial charge in [0.1, 0.15) is 18.1 Å². The number of hydrogen-bond donors (Lipinski definition) is 0. The van der Waals surface area contributed by atoms with E-state index in [1.165, 1.54) is 12.1 Å². The SMILES string of the molecule is CC[n+]1ccn(-c2ccc(C(F)(F)F)cc2)c1. The average molecular weight is 241 g/mol. The Labute approximate surface area is 96.9 Å². The highest BCUT2D eigenvalue weighted by molar-refractivity contribution is 5.35. The number of aryl methyl sites for hydroxylation is 1. The van der Waals surface area contributed by atoms with E-state index in [0.29, 0.717) is 5.69 Å². The molecule has 1 heterocycles. The zero-order valence-corrected chi connectivity index (χ0v) is 9.28. The lowest BCUT2D eigenvalue weighted by Crippen LogP contribution is -2.28. The summed E-state index contributed by atoms with van der Waals surface area (Å²) in [6.07, 6.45) is 1.24. The van der Waals surface area contributed by atoms with E-state index in [-0.39, 0.29) is 0 Å². The molecular formula is C12H12F3N2+. The summed E-state index contributed by atoms with van der Waals surface area (Å²) in [6.45, 7) is 2.82. The van der Waals surface area contributed by atoms with Gasteiger partial charge >= 0.3 is 6.18 Å². The number of imidazole rings is 1. The van der Waals surface area contributed by atoms with Crippen LogP contribution in [0.5, 0.6) is 0 Å². The second-order valence-electron chi connectivity index (χ2n) is 3.70. The number of rotatable bonds is 2. The summed E-state index contributed by atoms with van der Waals surface area (Å²) in [4.78, 5) is 0. The molecule has 1 aromatic heterocycles. The molecule has 0 amide bonds. The zero-order chi connectivity index (χ0) is 12.5. The second-order valence-corrected chi connectivity index (χ2v) is 3.70. The number of benzene rings is 1. The van der Waals surface area contributed by atoms with Gasteiger partial charge in [-0.2, -0.15) is 13.2 Å². The fourth-order valence-corrected chi connectivity index (χ4v) is 1.56. The van der Waals surface area contributed by atoms with E-state index in [1.807, 2.05) is 30.2 Å². The fourth-order valence-electron chi connectivity index (χ4n) is 1.56. The summed E-state index contributed by atoms with van der Waals surface area (Å²) < 4.78 is 40.8. The molecule has 0 unspecified atom stereocenters. The van der Waals surface area contributed by atoms with Crippen molar-refractivity contribution >= 4 is 0 Å². The highest BCUT2D eigenvalue weighted by Gasteiger charge is 2.30. The van der Waals surface area contributed by atoms with Crippen LogP contribution in [0, 0.1) is 0 Å². The molecule has 2 rings (SSSR count). The lowest BCUT2D eigenvalue weighted by atomic mass is 10.2. The molecule has 2 nitrogen and oxygen atoms in total. The van der Waals surface area contributed by atoms with Gasteiger partial charge in [-0.3, -0.25) is 0 Å². The van der Waals surface area contributed by atoms with E-state index in [0.717, 1.165) is 18.7 Å². The molecule has 90 valence electrons. The highest BCUT2D eigenvalue weighted by atomic mass is 19.4. The van der Waals surface area contributed by atoms with Crippen molar-refractivity contribution in [3.05, 3.63) is 48.5 Å². The number of halogens is 3. The van der Waals surface area contributed by atoms with Crippen molar-refractivity contribution in [3.63, 3.8) is 0 Å². The normalized spacial score (nSPS) is 11.8. The molecule has 0 N–H and O–H groups in total. The van der Waals surface area contributed by atoms with Gasteiger partial charge in [-0.25, -0.2) is 9.13 Å². The monoisotopic (exact) mass is 241 g/mol. The minimum Gasteiger partial charge on any atom is -0.237 e. The maximum Gasteiger partial charge on any atom is 0.416 e. The van der Waals surface area contributed by atoms with Gasteiger partial charge in [0.15, 0.2) is 0 Å². The fraction of sp³-hybridized carbons (Fsp3) is 0.250. The van der Waals surface area contributed by atoms with Crippen molar-refractivity contribution in [3.8, 4) is 5.69 Å². The first-order valence-corrected chi connectivity index (χ1v) is 5.25. The van der Waals surface area contributed by atoms with E-state index in [2.05, 4.69) is 0 Å². The first-order valence-electron chi connectivity index (χ1n) is 5.25. The van der Waals surface area contributed by atoms with Crippen LogP contribution in [0.4, 0.5) is 13.2 Å². The van der Waals surface area contributed by atoms with E-state index in [4.69, 9.17) is 0 Å². The number of hydrogen-bond acceptors (Lipinski definition) is 0. The summed E-state index contributed by atoms with van der Waals surface area (Å²) in [5.41, 5.74) is 0.0852. The third-order valence-corrected chi connectivity index (χ3v) is 2.55. The smallest absolute Gasteiger partial charge is 0.237 e. The van der Waals surface area contributed by atoms with Gasteiger partial charge in [0, 0.05) is 0 Å². The number of aromatic nitrogens is 2. The molecular weight excluding hydrogens is 229 g/mol. The van der Waals surface area contributed by atoms with E-state index in [9.17, 15) is 13.2 Å². The largest absolute Gasteiger partial charge is 0.416 e. The summed E-state index contributed by atoms with van der Waals surface area (Å²) in [6, 6.07) is 5.10. The van der Waals surface area contributed by atoms with E-state index < -0.39 is 11.7 Å². The molecule has 0 aliphatic carbocycles.